The zero-order chi connectivity index (χ0) is 18.0. The number of thioether (sulfide) groups is 1. The number of nitrogens with zero attached hydrogens (tertiary/aromatic N) is 5. The predicted molar refractivity (Wildman–Crippen MR) is 98.9 cm³/mol. The first kappa shape index (κ1) is 17.9. The molecule has 2 aromatic rings. The first-order valence-corrected chi connectivity index (χ1v) is 9.65. The number of aromatic nitrogens is 4. The lowest BCUT2D eigenvalue weighted by atomic mass is 9.99. The average molecular weight is 359 g/mol. The van der Waals surface area contributed by atoms with Gasteiger partial charge >= 0.3 is 0 Å². The highest BCUT2D eigenvalue weighted by Gasteiger charge is 2.25. The maximum atomic E-state index is 12.6. The lowest BCUT2D eigenvalue weighted by molar-refractivity contribution is -0.131. The molecule has 0 aromatic carbocycles. The van der Waals surface area contributed by atoms with Crippen LogP contribution in [-0.2, 0) is 4.79 Å². The van der Waals surface area contributed by atoms with Crippen LogP contribution in [0.1, 0.15) is 38.1 Å². The van der Waals surface area contributed by atoms with Crippen molar-refractivity contribution in [2.24, 2.45) is 5.92 Å². The van der Waals surface area contributed by atoms with Crippen LogP contribution in [0.15, 0.2) is 23.2 Å². The fourth-order valence-electron chi connectivity index (χ4n) is 3.07. The Morgan fingerprint density at radius 3 is 2.52 bits per heavy atom. The van der Waals surface area contributed by atoms with Gasteiger partial charge in [-0.1, -0.05) is 18.7 Å². The van der Waals surface area contributed by atoms with Gasteiger partial charge in [-0.05, 0) is 57.7 Å². The fourth-order valence-corrected chi connectivity index (χ4v) is 3.91. The molecule has 134 valence electrons. The Labute approximate surface area is 153 Å². The van der Waals surface area contributed by atoms with E-state index in [9.17, 15) is 4.79 Å². The van der Waals surface area contributed by atoms with Gasteiger partial charge in [0.2, 0.25) is 5.91 Å². The molecule has 1 aliphatic heterocycles. The first-order chi connectivity index (χ1) is 11.9. The average Bonchev–Trinajstić information content (AvgIpc) is 2.94. The largest absolute Gasteiger partial charge is 0.342 e. The highest BCUT2D eigenvalue weighted by molar-refractivity contribution is 8.00. The molecule has 3 rings (SSSR count). The summed E-state index contributed by atoms with van der Waals surface area (Å²) in [5.41, 5.74) is 1.97. The van der Waals surface area contributed by atoms with E-state index in [1.807, 2.05) is 43.9 Å². The molecule has 6 nitrogen and oxygen atoms in total. The van der Waals surface area contributed by atoms with E-state index in [-0.39, 0.29) is 11.2 Å². The minimum Gasteiger partial charge on any atom is -0.342 e. The molecule has 1 aliphatic rings. The van der Waals surface area contributed by atoms with E-state index in [0.29, 0.717) is 5.82 Å². The molecule has 1 saturated heterocycles. The third-order valence-corrected chi connectivity index (χ3v) is 5.61. The van der Waals surface area contributed by atoms with Crippen LogP contribution in [0.2, 0.25) is 0 Å². The van der Waals surface area contributed by atoms with Crippen LogP contribution in [0, 0.1) is 19.8 Å². The zero-order valence-electron chi connectivity index (χ0n) is 15.3. The maximum Gasteiger partial charge on any atom is 0.235 e. The molecule has 0 saturated carbocycles. The number of hydrogen-bond acceptors (Lipinski definition) is 5. The molecule has 2 aromatic heterocycles. The van der Waals surface area contributed by atoms with Crippen LogP contribution in [-0.4, -0.2) is 49.1 Å². The summed E-state index contributed by atoms with van der Waals surface area (Å²) in [6.07, 6.45) is 2.19. The van der Waals surface area contributed by atoms with Crippen molar-refractivity contribution in [1.82, 2.24) is 24.9 Å². The standard InChI is InChI=1S/C18H25N5OS/c1-12-7-9-22(10-8-12)18(24)15(4)25-17-6-5-16(19-20-17)23-14(3)11-13(2)21-23/h5-6,11-12,15H,7-10H2,1-4H3. The number of carbonyl (C=O) groups excluding carboxylic acids is 1. The second kappa shape index (κ2) is 7.56. The maximum absolute atomic E-state index is 12.6. The summed E-state index contributed by atoms with van der Waals surface area (Å²) in [4.78, 5) is 14.6. The van der Waals surface area contributed by atoms with Crippen molar-refractivity contribution < 1.29 is 4.79 Å². The van der Waals surface area contributed by atoms with Crippen LogP contribution >= 0.6 is 11.8 Å². The second-order valence-electron chi connectivity index (χ2n) is 6.84. The van der Waals surface area contributed by atoms with Crippen molar-refractivity contribution in [1.29, 1.82) is 0 Å². The van der Waals surface area contributed by atoms with E-state index in [1.54, 1.807) is 4.68 Å². The summed E-state index contributed by atoms with van der Waals surface area (Å²) >= 11 is 1.46. The lowest BCUT2D eigenvalue weighted by Crippen LogP contribution is -2.41. The molecule has 1 fully saturated rings. The van der Waals surface area contributed by atoms with Gasteiger partial charge < -0.3 is 4.90 Å². The predicted octanol–water partition coefficient (Wildman–Crippen LogP) is 3.02. The fraction of sp³-hybridized carbons (Fsp3) is 0.556. The molecule has 3 heterocycles. The van der Waals surface area contributed by atoms with Crippen molar-refractivity contribution in [2.75, 3.05) is 13.1 Å². The van der Waals surface area contributed by atoms with E-state index >= 15 is 0 Å². The third-order valence-electron chi connectivity index (χ3n) is 4.59. The number of likely N-dealkylation sites (tertiary alicyclic amines) is 1. The molecule has 0 spiro atoms. The molecule has 0 aliphatic carbocycles. The smallest absolute Gasteiger partial charge is 0.235 e. The monoisotopic (exact) mass is 359 g/mol. The Balaban J connectivity index is 1.63. The van der Waals surface area contributed by atoms with Crippen LogP contribution < -0.4 is 0 Å². The summed E-state index contributed by atoms with van der Waals surface area (Å²) in [5.74, 6) is 1.61. The number of amides is 1. The number of piperidine rings is 1. The first-order valence-electron chi connectivity index (χ1n) is 8.77. The van der Waals surface area contributed by atoms with Gasteiger partial charge in [-0.3, -0.25) is 4.79 Å². The van der Waals surface area contributed by atoms with Crippen molar-refractivity contribution in [2.45, 2.75) is 50.8 Å². The van der Waals surface area contributed by atoms with Crippen LogP contribution in [0.5, 0.6) is 0 Å². The van der Waals surface area contributed by atoms with Gasteiger partial charge in [-0.25, -0.2) is 4.68 Å². The van der Waals surface area contributed by atoms with E-state index in [0.717, 1.165) is 48.3 Å². The molecule has 1 unspecified atom stereocenters. The van der Waals surface area contributed by atoms with E-state index in [2.05, 4.69) is 22.2 Å². The van der Waals surface area contributed by atoms with Crippen molar-refractivity contribution in [3.8, 4) is 5.82 Å². The molecule has 7 heteroatoms. The minimum atomic E-state index is -0.151. The SMILES string of the molecule is Cc1cc(C)n(-c2ccc(SC(C)C(=O)N3CCC(C)CC3)nn2)n1. The zero-order valence-corrected chi connectivity index (χ0v) is 16.1. The minimum absolute atomic E-state index is 0.151. The van der Waals surface area contributed by atoms with Crippen molar-refractivity contribution in [3.63, 3.8) is 0 Å². The summed E-state index contributed by atoms with van der Waals surface area (Å²) in [6, 6.07) is 5.81. The summed E-state index contributed by atoms with van der Waals surface area (Å²) in [7, 11) is 0. The van der Waals surface area contributed by atoms with Gasteiger partial charge in [-0.2, -0.15) is 5.10 Å². The van der Waals surface area contributed by atoms with E-state index < -0.39 is 0 Å². The van der Waals surface area contributed by atoms with E-state index in [1.165, 1.54) is 11.8 Å². The normalized spacial score (nSPS) is 16.9. The Kier molecular flexibility index (Phi) is 5.42. The van der Waals surface area contributed by atoms with Crippen molar-refractivity contribution >= 4 is 17.7 Å². The second-order valence-corrected chi connectivity index (χ2v) is 8.20. The topological polar surface area (TPSA) is 63.9 Å². The number of rotatable bonds is 4. The summed E-state index contributed by atoms with van der Waals surface area (Å²) < 4.78 is 1.78. The third kappa shape index (κ3) is 4.21. The molecule has 0 N–H and O–H groups in total. The lowest BCUT2D eigenvalue weighted by Gasteiger charge is -2.31. The van der Waals surface area contributed by atoms with Gasteiger partial charge in [0.05, 0.1) is 10.9 Å². The Morgan fingerprint density at radius 1 is 1.24 bits per heavy atom. The molecule has 0 bridgehead atoms. The van der Waals surface area contributed by atoms with E-state index in [4.69, 9.17) is 0 Å². The number of aryl methyl sites for hydroxylation is 2. The summed E-state index contributed by atoms with van der Waals surface area (Å²) in [5, 5.41) is 13.6. The Hall–Kier alpha value is -1.89. The quantitative estimate of drug-likeness (QED) is 0.785. The molecule has 1 amide bonds. The number of hydrogen-bond donors (Lipinski definition) is 0. The van der Waals surface area contributed by atoms with Gasteiger partial charge in [0.25, 0.3) is 0 Å². The van der Waals surface area contributed by atoms with Gasteiger partial charge in [0.1, 0.15) is 5.03 Å². The molecule has 25 heavy (non-hydrogen) atoms. The summed E-state index contributed by atoms with van der Waals surface area (Å²) in [6.45, 7) is 9.88. The van der Waals surface area contributed by atoms with Gasteiger partial charge in [0, 0.05) is 18.8 Å². The Bertz CT molecular complexity index is 734. The molecule has 0 radical (unpaired) electrons. The van der Waals surface area contributed by atoms with Gasteiger partial charge in [0.15, 0.2) is 5.82 Å². The van der Waals surface area contributed by atoms with Crippen molar-refractivity contribution in [3.05, 3.63) is 29.6 Å². The van der Waals surface area contributed by atoms with Crippen LogP contribution in [0.25, 0.3) is 5.82 Å². The Morgan fingerprint density at radius 2 is 1.96 bits per heavy atom. The highest BCUT2D eigenvalue weighted by atomic mass is 32.2. The van der Waals surface area contributed by atoms with Crippen LogP contribution in [0.4, 0.5) is 0 Å². The number of carbonyl (C=O) groups is 1. The van der Waals surface area contributed by atoms with Crippen LogP contribution in [0.3, 0.4) is 0 Å². The molecular formula is C18H25N5OS. The highest BCUT2D eigenvalue weighted by Crippen LogP contribution is 2.25. The molecular weight excluding hydrogens is 334 g/mol. The molecule has 1 atom stereocenters. The van der Waals surface area contributed by atoms with Gasteiger partial charge in [-0.15, -0.1) is 10.2 Å².